The number of rotatable bonds is 12. The Kier molecular flexibility index (Phi) is 28.6. The van der Waals surface area contributed by atoms with Crippen molar-refractivity contribution in [1.82, 2.24) is 56.4 Å². The average molecular weight is 1290 g/mol. The molecule has 5 unspecified atom stereocenters. The number of likely N-dealkylation sites (tertiary alicyclic amines) is 1. The Hall–Kier alpha value is -4.20. The number of nitrogens with zero attached hydrogens (tertiary/aromatic N) is 6. The summed E-state index contributed by atoms with van der Waals surface area (Å²) in [6.45, 7) is 28.1. The topological polar surface area (TPSA) is 127 Å². The number of aliphatic imine (C=N–C) groups is 1. The Balaban J connectivity index is 1.09. The van der Waals surface area contributed by atoms with Crippen LogP contribution in [0.5, 0.6) is 5.75 Å². The number of carbonyl (C=O) groups is 1. The molecule has 11 atom stereocenters. The van der Waals surface area contributed by atoms with Gasteiger partial charge in [0.2, 0.25) is 5.91 Å². The van der Waals surface area contributed by atoms with Crippen LogP contribution in [-0.4, -0.2) is 169 Å². The SMILES string of the molecule is CC[C@H](C)[C@H]1CN[C@@H](CC(C)C)C(C)NCC2[C@@H](C(=O)N3CCCCC3)C(C)N2[C@@H](C2CCCC2)C(C)NC2(CCCC2)CNCCN=CC=C(CCc2ccc(OC(F)(F)F)c(F)c2)NC=CN(C)C=C(CC2CCCCC2)N(C)C=C2CCCN2[C@@H](C)C(C)N1. The molecule has 4 heterocycles. The predicted molar refractivity (Wildman–Crippen MR) is 369 cm³/mol. The van der Waals surface area contributed by atoms with Gasteiger partial charge in [-0.15, -0.1) is 13.2 Å². The third-order valence-corrected chi connectivity index (χ3v) is 22.5. The van der Waals surface area contributed by atoms with Crippen molar-refractivity contribution in [3.05, 3.63) is 77.5 Å². The van der Waals surface area contributed by atoms with Crippen molar-refractivity contribution in [2.24, 2.45) is 34.6 Å². The molecule has 18 heteroatoms. The summed E-state index contributed by atoms with van der Waals surface area (Å²) in [5, 5.41) is 24.3. The number of benzene rings is 1. The van der Waals surface area contributed by atoms with Crippen LogP contribution in [0.1, 0.15) is 209 Å². The maximum atomic E-state index is 15.0. The standard InChI is InChI=1S/C74H124F4N12O2/c1-12-53(4)67-47-83-66(44-52(2)3)55(6)82-48-68-70(72(91)88-40-21-14-22-41-88)58(9)90(68)71(61-26-17-18-27-61)56(7)85-73(34-19-20-35-73)51-80-38-37-79-36-33-62(31-29-60-30-32-69(65(75)46-60)92-74(76,77)78)81-39-43-86(10)49-64(45-59-24-15-13-16-25-59)87(11)50-63-28-23-42-89(63)57(8)54(5)84-67/h30,32-33,36,39,43,46,49-50,52-59,61,66-68,70-71,80-85H,12-29,31,34-35,37-38,40-42,44-45,47-48,51H2,1-11H3/t53-,54?,55?,56?,57-,58?,66-,67+,68?,70-,71+/m0/s1. The molecule has 3 saturated heterocycles. The smallest absolute Gasteiger partial charge is 0.403 e. The van der Waals surface area contributed by atoms with Gasteiger partial charge in [0.05, 0.1) is 12.5 Å². The second-order valence-corrected chi connectivity index (χ2v) is 29.9. The van der Waals surface area contributed by atoms with Crippen molar-refractivity contribution < 1.29 is 27.1 Å². The number of allylic oxidation sites excluding steroid dienone is 4. The first-order valence-corrected chi connectivity index (χ1v) is 36.7. The van der Waals surface area contributed by atoms with Gasteiger partial charge in [-0.05, 0) is 166 Å². The van der Waals surface area contributed by atoms with Crippen molar-refractivity contribution >= 4 is 12.1 Å². The number of carbonyl (C=O) groups excluding carboxylic acids is 1. The largest absolute Gasteiger partial charge is 0.573 e. The number of alkyl halides is 3. The van der Waals surface area contributed by atoms with Crippen LogP contribution in [0.3, 0.4) is 0 Å². The van der Waals surface area contributed by atoms with E-state index in [1.165, 1.54) is 94.5 Å². The van der Waals surface area contributed by atoms with Crippen LogP contribution >= 0.6 is 0 Å². The third kappa shape index (κ3) is 21.1. The first-order valence-electron chi connectivity index (χ1n) is 36.7. The van der Waals surface area contributed by atoms with Crippen LogP contribution < -0.4 is 36.6 Å². The summed E-state index contributed by atoms with van der Waals surface area (Å²) in [5.41, 5.74) is 3.98. The van der Waals surface area contributed by atoms with E-state index in [9.17, 15) is 22.4 Å². The van der Waals surface area contributed by atoms with E-state index >= 15 is 0 Å². The highest BCUT2D eigenvalue weighted by Crippen LogP contribution is 2.44. The van der Waals surface area contributed by atoms with E-state index in [2.05, 4.69) is 150 Å². The van der Waals surface area contributed by atoms with Crippen molar-refractivity contribution in [2.75, 3.05) is 66.5 Å². The monoisotopic (exact) mass is 1290 g/mol. The zero-order valence-corrected chi connectivity index (χ0v) is 58.7. The molecule has 8 rings (SSSR count). The molecule has 0 aromatic heterocycles. The molecule has 6 fully saturated rings. The fraction of sp³-hybridized carbons (Fsp3) is 0.784. The lowest BCUT2D eigenvalue weighted by atomic mass is 9.74. The second kappa shape index (κ2) is 35.7. The minimum absolute atomic E-state index is 0.0410. The highest BCUT2D eigenvalue weighted by molar-refractivity contribution is 5.81. The lowest BCUT2D eigenvalue weighted by molar-refractivity contribution is -0.275. The van der Waals surface area contributed by atoms with Crippen molar-refractivity contribution in [1.29, 1.82) is 0 Å². The zero-order chi connectivity index (χ0) is 66.0. The number of halogens is 4. The quantitative estimate of drug-likeness (QED) is 0.112. The van der Waals surface area contributed by atoms with Crippen LogP contribution in [0.15, 0.2) is 71.2 Å². The number of piperidine rings is 1. The fourth-order valence-electron chi connectivity index (χ4n) is 16.9. The van der Waals surface area contributed by atoms with Crippen LogP contribution in [0.2, 0.25) is 0 Å². The van der Waals surface area contributed by atoms with Gasteiger partial charge in [0.25, 0.3) is 0 Å². The summed E-state index contributed by atoms with van der Waals surface area (Å²) < 4.78 is 58.0. The summed E-state index contributed by atoms with van der Waals surface area (Å²) in [5.74, 6) is 0.608. The van der Waals surface area contributed by atoms with Crippen molar-refractivity contribution in [3.8, 4) is 5.75 Å². The van der Waals surface area contributed by atoms with Gasteiger partial charge in [-0.2, -0.15) is 0 Å². The Morgan fingerprint density at radius 3 is 2.23 bits per heavy atom. The van der Waals surface area contributed by atoms with Crippen LogP contribution in [-0.2, 0) is 11.2 Å². The number of hydrogen-bond acceptors (Lipinski definition) is 13. The molecule has 520 valence electrons. The summed E-state index contributed by atoms with van der Waals surface area (Å²) in [7, 11) is 4.29. The summed E-state index contributed by atoms with van der Waals surface area (Å²) in [6.07, 6.45) is 32.8. The summed E-state index contributed by atoms with van der Waals surface area (Å²) in [6, 6.07) is 5.69. The van der Waals surface area contributed by atoms with Gasteiger partial charge in [-0.3, -0.25) is 14.7 Å². The van der Waals surface area contributed by atoms with Gasteiger partial charge in [0.15, 0.2) is 11.6 Å². The molecular formula is C74H124F4N12O2. The minimum Gasteiger partial charge on any atom is -0.403 e. The molecule has 1 amide bonds. The molecule has 1 aromatic rings. The summed E-state index contributed by atoms with van der Waals surface area (Å²) >= 11 is 0. The van der Waals surface area contributed by atoms with Gasteiger partial charge in [-0.1, -0.05) is 98.0 Å². The molecule has 3 aliphatic carbocycles. The van der Waals surface area contributed by atoms with Gasteiger partial charge in [0, 0.05) is 168 Å². The minimum atomic E-state index is -4.99. The first kappa shape index (κ1) is 73.6. The number of amides is 1. The second-order valence-electron chi connectivity index (χ2n) is 29.9. The van der Waals surface area contributed by atoms with E-state index in [-0.39, 0.29) is 59.8 Å². The Morgan fingerprint density at radius 2 is 1.53 bits per heavy atom. The fourth-order valence-corrected chi connectivity index (χ4v) is 16.9. The molecule has 4 aliphatic heterocycles. The van der Waals surface area contributed by atoms with Gasteiger partial charge < -0.3 is 56.2 Å². The molecule has 0 radical (unpaired) electrons. The Bertz CT molecular complexity index is 2550. The number of fused-ring (bicyclic) bond motifs is 2. The molecule has 92 heavy (non-hydrogen) atoms. The predicted octanol–water partition coefficient (Wildman–Crippen LogP) is 13.2. The molecule has 0 bridgehead atoms. The van der Waals surface area contributed by atoms with E-state index in [1.54, 1.807) is 0 Å². The maximum absolute atomic E-state index is 15.0. The Morgan fingerprint density at radius 1 is 0.815 bits per heavy atom. The first-order chi connectivity index (χ1) is 44.1. The van der Waals surface area contributed by atoms with Gasteiger partial charge in [0.1, 0.15) is 0 Å². The lowest BCUT2D eigenvalue weighted by Crippen LogP contribution is -2.76. The number of aryl methyl sites for hydroxylation is 1. The highest BCUT2D eigenvalue weighted by atomic mass is 19.4. The van der Waals surface area contributed by atoms with E-state index in [4.69, 9.17) is 4.99 Å². The lowest BCUT2D eigenvalue weighted by Gasteiger charge is -2.60. The van der Waals surface area contributed by atoms with E-state index in [0.29, 0.717) is 67.1 Å². The highest BCUT2D eigenvalue weighted by Gasteiger charge is 2.56. The van der Waals surface area contributed by atoms with Gasteiger partial charge in [-0.25, -0.2) is 4.39 Å². The number of ether oxygens (including phenoxy) is 1. The third-order valence-electron chi connectivity index (χ3n) is 22.5. The molecule has 14 nitrogen and oxygen atoms in total. The normalized spacial score (nSPS) is 30.5. The van der Waals surface area contributed by atoms with E-state index < -0.39 is 17.9 Å². The van der Waals surface area contributed by atoms with Crippen LogP contribution in [0, 0.1) is 35.4 Å². The van der Waals surface area contributed by atoms with Gasteiger partial charge >= 0.3 is 6.36 Å². The molecule has 6 N–H and O–H groups in total. The van der Waals surface area contributed by atoms with E-state index in [1.807, 2.05) is 24.7 Å². The molecular weight excluding hydrogens is 1160 g/mol. The Labute approximate surface area is 553 Å². The van der Waals surface area contributed by atoms with Crippen LogP contribution in [0.25, 0.3) is 0 Å². The summed E-state index contributed by atoms with van der Waals surface area (Å²) in [4.78, 5) is 32.0. The molecule has 1 aromatic carbocycles. The van der Waals surface area contributed by atoms with Crippen molar-refractivity contribution in [2.45, 2.75) is 276 Å². The maximum Gasteiger partial charge on any atom is 0.573 e. The van der Waals surface area contributed by atoms with E-state index in [0.717, 1.165) is 115 Å². The average Bonchev–Trinajstić information content (AvgIpc) is 0.868. The van der Waals surface area contributed by atoms with Crippen molar-refractivity contribution in [3.63, 3.8) is 0 Å². The molecule has 7 aliphatic rings. The zero-order valence-electron chi connectivity index (χ0n) is 58.7. The molecule has 1 spiro atoms. The number of hydrogen-bond donors (Lipinski definition) is 6. The van der Waals surface area contributed by atoms with Crippen LogP contribution in [0.4, 0.5) is 17.6 Å². The molecule has 3 saturated carbocycles. The number of nitrogens with one attached hydrogen (secondary N) is 6.